The van der Waals surface area contributed by atoms with Gasteiger partial charge in [-0.15, -0.1) is 0 Å². The van der Waals surface area contributed by atoms with Gasteiger partial charge in [-0.25, -0.2) is 4.98 Å². The van der Waals surface area contributed by atoms with Crippen molar-refractivity contribution in [3.05, 3.63) is 17.6 Å². The largest absolute Gasteiger partial charge is 0.459 e. The number of amides is 1. The second-order valence-corrected chi connectivity index (χ2v) is 5.00. The van der Waals surface area contributed by atoms with Crippen molar-refractivity contribution in [2.75, 3.05) is 5.32 Å². The average Bonchev–Trinajstić information content (AvgIpc) is 2.96. The lowest BCUT2D eigenvalue weighted by Gasteiger charge is -2.18. The molecule has 0 aliphatic heterocycles. The summed E-state index contributed by atoms with van der Waals surface area (Å²) >= 11 is 5.87. The highest BCUT2D eigenvalue weighted by Crippen LogP contribution is 2.30. The molecule has 2 unspecified atom stereocenters. The number of nitrogens with two attached hydrogens (primary N) is 1. The predicted octanol–water partition coefficient (Wildman–Crippen LogP) is 1.94. The van der Waals surface area contributed by atoms with Gasteiger partial charge in [0, 0.05) is 12.1 Å². The molecule has 19 heavy (non-hydrogen) atoms. The number of furan rings is 1. The molecule has 6 nitrogen and oxygen atoms in total. The Hall–Kier alpha value is -1.82. The van der Waals surface area contributed by atoms with Crippen LogP contribution in [0.2, 0.25) is 5.28 Å². The summed E-state index contributed by atoms with van der Waals surface area (Å²) < 4.78 is 5.35. The molecule has 1 aliphatic carbocycles. The molecule has 1 aliphatic rings. The zero-order chi connectivity index (χ0) is 13.4. The SMILES string of the molecule is NC(=O)C1CCCC1Nc1nc(Cl)nc2ccoc12. The molecular weight excluding hydrogens is 268 g/mol. The van der Waals surface area contributed by atoms with E-state index >= 15 is 0 Å². The van der Waals surface area contributed by atoms with Gasteiger partial charge in [-0.3, -0.25) is 4.79 Å². The number of carbonyl (C=O) groups excluding carboxylic acids is 1. The Bertz CT molecular complexity index is 627. The molecule has 2 heterocycles. The molecule has 1 amide bonds. The molecule has 0 spiro atoms. The maximum Gasteiger partial charge on any atom is 0.225 e. The van der Waals surface area contributed by atoms with Gasteiger partial charge in [-0.05, 0) is 24.4 Å². The molecule has 2 atom stereocenters. The lowest BCUT2D eigenvalue weighted by molar-refractivity contribution is -0.121. The quantitative estimate of drug-likeness (QED) is 0.838. The third-order valence-corrected chi connectivity index (χ3v) is 3.65. The summed E-state index contributed by atoms with van der Waals surface area (Å²) in [4.78, 5) is 19.6. The molecule has 2 aromatic rings. The van der Waals surface area contributed by atoms with E-state index in [0.717, 1.165) is 19.3 Å². The third kappa shape index (κ3) is 2.23. The van der Waals surface area contributed by atoms with Crippen LogP contribution in [0.4, 0.5) is 5.82 Å². The number of halogens is 1. The van der Waals surface area contributed by atoms with Gasteiger partial charge in [0.1, 0.15) is 5.52 Å². The van der Waals surface area contributed by atoms with Gasteiger partial charge < -0.3 is 15.5 Å². The van der Waals surface area contributed by atoms with Gasteiger partial charge in [-0.1, -0.05) is 6.42 Å². The van der Waals surface area contributed by atoms with Gasteiger partial charge in [0.15, 0.2) is 11.4 Å². The molecule has 7 heteroatoms. The Balaban J connectivity index is 1.92. The van der Waals surface area contributed by atoms with Crippen LogP contribution in [0.5, 0.6) is 0 Å². The van der Waals surface area contributed by atoms with Crippen molar-refractivity contribution in [3.63, 3.8) is 0 Å². The summed E-state index contributed by atoms with van der Waals surface area (Å²) in [5.74, 6) is 0.0442. The topological polar surface area (TPSA) is 94.0 Å². The van der Waals surface area contributed by atoms with Gasteiger partial charge in [0.2, 0.25) is 11.2 Å². The number of nitrogens with one attached hydrogen (secondary N) is 1. The molecule has 1 saturated carbocycles. The fourth-order valence-electron chi connectivity index (χ4n) is 2.58. The van der Waals surface area contributed by atoms with Crippen molar-refractivity contribution in [2.45, 2.75) is 25.3 Å². The number of nitrogens with zero attached hydrogens (tertiary/aromatic N) is 2. The van der Waals surface area contributed by atoms with Crippen molar-refractivity contribution in [1.82, 2.24) is 9.97 Å². The summed E-state index contributed by atoms with van der Waals surface area (Å²) in [5.41, 5.74) is 6.58. The first kappa shape index (κ1) is 12.2. The van der Waals surface area contributed by atoms with Crippen molar-refractivity contribution in [1.29, 1.82) is 0 Å². The maximum atomic E-state index is 11.4. The molecular formula is C12H13ClN4O2. The summed E-state index contributed by atoms with van der Waals surface area (Å²) in [6.07, 6.45) is 4.16. The standard InChI is InChI=1S/C12H13ClN4O2/c13-12-16-8-4-5-19-9(8)11(17-12)15-7-3-1-2-6(7)10(14)18/h4-7H,1-3H2,(H2,14,18)(H,15,16,17). The van der Waals surface area contributed by atoms with E-state index in [2.05, 4.69) is 15.3 Å². The summed E-state index contributed by atoms with van der Waals surface area (Å²) in [6, 6.07) is 1.69. The van der Waals surface area contributed by atoms with Crippen LogP contribution in [-0.2, 0) is 4.79 Å². The van der Waals surface area contributed by atoms with Crippen LogP contribution in [-0.4, -0.2) is 21.9 Å². The number of rotatable bonds is 3. The minimum absolute atomic E-state index is 0.0308. The molecule has 1 fully saturated rings. The van der Waals surface area contributed by atoms with Crippen molar-refractivity contribution in [3.8, 4) is 0 Å². The zero-order valence-electron chi connectivity index (χ0n) is 10.1. The highest BCUT2D eigenvalue weighted by atomic mass is 35.5. The number of hydrogen-bond acceptors (Lipinski definition) is 5. The molecule has 0 radical (unpaired) electrons. The minimum Gasteiger partial charge on any atom is -0.459 e. The first-order chi connectivity index (χ1) is 9.15. The van der Waals surface area contributed by atoms with E-state index in [0.29, 0.717) is 16.9 Å². The molecule has 0 aromatic carbocycles. The number of aromatic nitrogens is 2. The molecule has 100 valence electrons. The van der Waals surface area contributed by atoms with E-state index in [-0.39, 0.29) is 23.2 Å². The fraction of sp³-hybridized carbons (Fsp3) is 0.417. The normalized spacial score (nSPS) is 22.8. The van der Waals surface area contributed by atoms with Gasteiger partial charge in [-0.2, -0.15) is 4.98 Å². The molecule has 3 N–H and O–H groups in total. The van der Waals surface area contributed by atoms with Crippen LogP contribution >= 0.6 is 11.6 Å². The van der Waals surface area contributed by atoms with Crippen LogP contribution in [0, 0.1) is 5.92 Å². The molecule has 2 aromatic heterocycles. The minimum atomic E-state index is -0.286. The van der Waals surface area contributed by atoms with E-state index in [1.807, 2.05) is 0 Å². The first-order valence-corrected chi connectivity index (χ1v) is 6.49. The van der Waals surface area contributed by atoms with Crippen molar-refractivity contribution in [2.24, 2.45) is 11.7 Å². The van der Waals surface area contributed by atoms with Crippen LogP contribution in [0.15, 0.2) is 16.7 Å². The highest BCUT2D eigenvalue weighted by Gasteiger charge is 2.32. The van der Waals surface area contributed by atoms with Crippen LogP contribution in [0.25, 0.3) is 11.1 Å². The Morgan fingerprint density at radius 1 is 1.47 bits per heavy atom. The second-order valence-electron chi connectivity index (χ2n) is 4.67. The van der Waals surface area contributed by atoms with Crippen molar-refractivity contribution < 1.29 is 9.21 Å². The molecule has 0 bridgehead atoms. The Labute approximate surface area is 114 Å². The van der Waals surface area contributed by atoms with Gasteiger partial charge >= 0.3 is 0 Å². The van der Waals surface area contributed by atoms with Gasteiger partial charge in [0.05, 0.1) is 12.2 Å². The number of anilines is 1. The maximum absolute atomic E-state index is 11.4. The summed E-state index contributed by atoms with van der Waals surface area (Å²) in [5, 5.41) is 3.36. The second kappa shape index (κ2) is 4.70. The summed E-state index contributed by atoms with van der Waals surface area (Å²) in [7, 11) is 0. The molecule has 3 rings (SSSR count). The van der Waals surface area contributed by atoms with E-state index in [1.165, 1.54) is 6.26 Å². The van der Waals surface area contributed by atoms with Crippen LogP contribution in [0.3, 0.4) is 0 Å². The lowest BCUT2D eigenvalue weighted by atomic mass is 10.0. The third-order valence-electron chi connectivity index (χ3n) is 3.48. The lowest BCUT2D eigenvalue weighted by Crippen LogP contribution is -2.34. The Morgan fingerprint density at radius 2 is 2.32 bits per heavy atom. The Kier molecular flexibility index (Phi) is 3.02. The highest BCUT2D eigenvalue weighted by molar-refractivity contribution is 6.28. The average molecular weight is 281 g/mol. The predicted molar refractivity (Wildman–Crippen MR) is 70.8 cm³/mol. The van der Waals surface area contributed by atoms with E-state index in [4.69, 9.17) is 21.8 Å². The number of hydrogen-bond donors (Lipinski definition) is 2. The molecule has 0 saturated heterocycles. The first-order valence-electron chi connectivity index (χ1n) is 6.12. The van der Waals surface area contributed by atoms with Crippen LogP contribution < -0.4 is 11.1 Å². The summed E-state index contributed by atoms with van der Waals surface area (Å²) in [6.45, 7) is 0. The number of fused-ring (bicyclic) bond motifs is 1. The van der Waals surface area contributed by atoms with E-state index < -0.39 is 0 Å². The van der Waals surface area contributed by atoms with E-state index in [1.54, 1.807) is 6.07 Å². The van der Waals surface area contributed by atoms with Crippen molar-refractivity contribution >= 4 is 34.4 Å². The fourth-order valence-corrected chi connectivity index (χ4v) is 2.76. The monoisotopic (exact) mass is 280 g/mol. The van der Waals surface area contributed by atoms with Crippen LogP contribution in [0.1, 0.15) is 19.3 Å². The van der Waals surface area contributed by atoms with E-state index in [9.17, 15) is 4.79 Å². The smallest absolute Gasteiger partial charge is 0.225 e. The number of primary amides is 1. The Morgan fingerprint density at radius 3 is 3.11 bits per heavy atom. The zero-order valence-corrected chi connectivity index (χ0v) is 10.9. The number of carbonyl (C=O) groups is 1. The van der Waals surface area contributed by atoms with Gasteiger partial charge in [0.25, 0.3) is 0 Å².